The molecule has 0 aliphatic heterocycles. The van der Waals surface area contributed by atoms with Gasteiger partial charge in [0.05, 0.1) is 24.6 Å². The summed E-state index contributed by atoms with van der Waals surface area (Å²) in [6, 6.07) is 10.1. The van der Waals surface area contributed by atoms with Gasteiger partial charge in [-0.05, 0) is 67.1 Å². The molecule has 0 aliphatic rings. The topological polar surface area (TPSA) is 87.7 Å². The zero-order chi connectivity index (χ0) is 29.6. The molecule has 0 saturated carbocycles. The highest BCUT2D eigenvalue weighted by Crippen LogP contribution is 2.41. The number of phenols is 1. The monoisotopic (exact) mass is 622 g/mol. The standard InChI is InChI=1S/C29H27BrF4N2O4/c1-4-35-27(17-9-7-10-19(30)12-17)28(39)36-22(15-24(38)40-5-2)20-13-18(14-21(26(20)31)29(32,33)34)25-16(3)8-6-11-23(25)37/h4,6-14,22,27,35,37H,1,5,15H2,2-3H3,(H,36,39)/t22-,27?/m0/s1. The molecule has 1 amide bonds. The Balaban J connectivity index is 2.19. The molecule has 3 aromatic carbocycles. The minimum Gasteiger partial charge on any atom is -0.507 e. The fourth-order valence-electron chi connectivity index (χ4n) is 4.29. The van der Waals surface area contributed by atoms with Gasteiger partial charge in [0, 0.05) is 15.6 Å². The van der Waals surface area contributed by atoms with Crippen molar-refractivity contribution >= 4 is 27.8 Å². The van der Waals surface area contributed by atoms with Crippen LogP contribution < -0.4 is 10.6 Å². The molecule has 2 atom stereocenters. The fraction of sp³-hybridized carbons (Fsp3) is 0.241. The first-order chi connectivity index (χ1) is 18.9. The summed E-state index contributed by atoms with van der Waals surface area (Å²) in [6.45, 7) is 6.64. The van der Waals surface area contributed by atoms with Gasteiger partial charge in [0.15, 0.2) is 0 Å². The van der Waals surface area contributed by atoms with Gasteiger partial charge in [0.2, 0.25) is 5.91 Å². The molecule has 0 aromatic heterocycles. The van der Waals surface area contributed by atoms with E-state index in [0.717, 1.165) is 6.07 Å². The van der Waals surface area contributed by atoms with E-state index in [1.165, 1.54) is 25.3 Å². The molecule has 212 valence electrons. The van der Waals surface area contributed by atoms with Gasteiger partial charge in [-0.25, -0.2) is 4.39 Å². The van der Waals surface area contributed by atoms with Crippen molar-refractivity contribution in [3.63, 3.8) is 0 Å². The molecular weight excluding hydrogens is 596 g/mol. The molecule has 3 rings (SSSR count). The number of ether oxygens (including phenoxy) is 1. The van der Waals surface area contributed by atoms with Gasteiger partial charge in [-0.3, -0.25) is 9.59 Å². The number of hydrogen-bond donors (Lipinski definition) is 3. The number of halogens is 5. The molecule has 1 unspecified atom stereocenters. The lowest BCUT2D eigenvalue weighted by atomic mass is 9.91. The molecule has 11 heteroatoms. The third kappa shape index (κ3) is 7.20. The molecule has 40 heavy (non-hydrogen) atoms. The number of benzene rings is 3. The molecule has 0 aliphatic carbocycles. The van der Waals surface area contributed by atoms with Crippen molar-refractivity contribution in [2.75, 3.05) is 6.61 Å². The van der Waals surface area contributed by atoms with Crippen LogP contribution in [0.3, 0.4) is 0 Å². The van der Waals surface area contributed by atoms with Crippen molar-refractivity contribution in [3.8, 4) is 16.9 Å². The van der Waals surface area contributed by atoms with E-state index < -0.39 is 53.5 Å². The van der Waals surface area contributed by atoms with Gasteiger partial charge in [-0.15, -0.1) is 0 Å². The van der Waals surface area contributed by atoms with Crippen LogP contribution in [0.25, 0.3) is 11.1 Å². The van der Waals surface area contributed by atoms with Crippen molar-refractivity contribution in [1.29, 1.82) is 0 Å². The van der Waals surface area contributed by atoms with Crippen molar-refractivity contribution in [1.82, 2.24) is 10.6 Å². The lowest BCUT2D eigenvalue weighted by Crippen LogP contribution is -2.39. The second-order valence-electron chi connectivity index (χ2n) is 8.82. The van der Waals surface area contributed by atoms with Crippen LogP contribution in [0.5, 0.6) is 5.75 Å². The minimum absolute atomic E-state index is 0.0361. The fourth-order valence-corrected chi connectivity index (χ4v) is 4.70. The summed E-state index contributed by atoms with van der Waals surface area (Å²) in [5.41, 5.74) is -1.40. The molecule has 3 aromatic rings. The van der Waals surface area contributed by atoms with Crippen LogP contribution >= 0.6 is 15.9 Å². The highest BCUT2D eigenvalue weighted by molar-refractivity contribution is 9.10. The Morgan fingerprint density at radius 1 is 1.15 bits per heavy atom. The van der Waals surface area contributed by atoms with Gasteiger partial charge in [0.1, 0.15) is 17.6 Å². The molecule has 0 heterocycles. The average Bonchev–Trinajstić information content (AvgIpc) is 2.87. The maximum Gasteiger partial charge on any atom is 0.419 e. The summed E-state index contributed by atoms with van der Waals surface area (Å²) in [6.07, 6.45) is -4.51. The van der Waals surface area contributed by atoms with Crippen LogP contribution in [0.2, 0.25) is 0 Å². The van der Waals surface area contributed by atoms with E-state index in [-0.39, 0.29) is 23.5 Å². The van der Waals surface area contributed by atoms with Crippen molar-refractivity contribution in [3.05, 3.63) is 99.9 Å². The highest BCUT2D eigenvalue weighted by atomic mass is 79.9. The number of esters is 1. The Morgan fingerprint density at radius 3 is 2.45 bits per heavy atom. The van der Waals surface area contributed by atoms with Gasteiger partial charge in [0.25, 0.3) is 0 Å². The first kappa shape index (κ1) is 30.7. The van der Waals surface area contributed by atoms with Crippen LogP contribution in [-0.4, -0.2) is 23.6 Å². The van der Waals surface area contributed by atoms with Gasteiger partial charge in [-0.2, -0.15) is 13.2 Å². The highest BCUT2D eigenvalue weighted by Gasteiger charge is 2.38. The Kier molecular flexibility index (Phi) is 9.97. The van der Waals surface area contributed by atoms with Crippen molar-refractivity contribution in [2.45, 2.75) is 38.5 Å². The Labute approximate surface area is 237 Å². The number of carbonyl (C=O) groups excluding carboxylic acids is 2. The summed E-state index contributed by atoms with van der Waals surface area (Å²) < 4.78 is 63.3. The number of aromatic hydroxyl groups is 1. The molecule has 3 N–H and O–H groups in total. The van der Waals surface area contributed by atoms with E-state index in [9.17, 15) is 27.9 Å². The quantitative estimate of drug-likeness (QED) is 0.170. The Bertz CT molecular complexity index is 1390. The van der Waals surface area contributed by atoms with E-state index in [0.29, 0.717) is 21.7 Å². The van der Waals surface area contributed by atoms with E-state index in [1.54, 1.807) is 37.3 Å². The van der Waals surface area contributed by atoms with E-state index >= 15 is 4.39 Å². The number of nitrogens with one attached hydrogen (secondary N) is 2. The summed E-state index contributed by atoms with van der Waals surface area (Å²) in [5.74, 6) is -3.60. The number of aryl methyl sites for hydroxylation is 1. The number of rotatable bonds is 10. The number of carbonyl (C=O) groups is 2. The lowest BCUT2D eigenvalue weighted by Gasteiger charge is -2.25. The van der Waals surface area contributed by atoms with Crippen LogP contribution in [0.15, 0.2) is 71.8 Å². The summed E-state index contributed by atoms with van der Waals surface area (Å²) >= 11 is 3.32. The Morgan fingerprint density at radius 2 is 1.85 bits per heavy atom. The smallest absolute Gasteiger partial charge is 0.419 e. The first-order valence-corrected chi connectivity index (χ1v) is 12.9. The molecule has 0 spiro atoms. The second kappa shape index (κ2) is 13.0. The van der Waals surface area contributed by atoms with Crippen molar-refractivity contribution in [2.24, 2.45) is 0 Å². The van der Waals surface area contributed by atoms with Crippen LogP contribution in [0, 0.1) is 12.7 Å². The molecule has 0 saturated heterocycles. The maximum atomic E-state index is 15.6. The number of amides is 1. The first-order valence-electron chi connectivity index (χ1n) is 12.1. The van der Waals surface area contributed by atoms with Gasteiger partial charge in [-0.1, -0.05) is 46.8 Å². The summed E-state index contributed by atoms with van der Waals surface area (Å²) in [5, 5.41) is 15.7. The second-order valence-corrected chi connectivity index (χ2v) is 9.74. The predicted octanol–water partition coefficient (Wildman–Crippen LogP) is 6.87. The SMILES string of the molecule is C=CNC(C(=O)N[C@@H](CC(=O)OCC)c1cc(-c2c(C)cccc2O)cc(C(F)(F)F)c1F)c1cccc(Br)c1. The zero-order valence-electron chi connectivity index (χ0n) is 21.6. The Hall–Kier alpha value is -3.86. The summed E-state index contributed by atoms with van der Waals surface area (Å²) in [7, 11) is 0. The molecular formula is C29H27BrF4N2O4. The molecule has 0 radical (unpaired) electrons. The number of hydrogen-bond acceptors (Lipinski definition) is 5. The largest absolute Gasteiger partial charge is 0.507 e. The molecule has 6 nitrogen and oxygen atoms in total. The number of phenolic OH excluding ortho intramolecular Hbond substituents is 1. The van der Waals surface area contributed by atoms with Crippen LogP contribution in [0.4, 0.5) is 17.6 Å². The molecule has 0 fully saturated rings. The average molecular weight is 623 g/mol. The predicted molar refractivity (Wildman–Crippen MR) is 146 cm³/mol. The summed E-state index contributed by atoms with van der Waals surface area (Å²) in [4.78, 5) is 25.9. The number of alkyl halides is 3. The maximum absolute atomic E-state index is 15.6. The van der Waals surface area contributed by atoms with E-state index in [1.807, 2.05) is 0 Å². The van der Waals surface area contributed by atoms with Crippen molar-refractivity contribution < 1.29 is 37.0 Å². The van der Waals surface area contributed by atoms with E-state index in [4.69, 9.17) is 4.74 Å². The third-order valence-electron chi connectivity index (χ3n) is 6.04. The normalized spacial score (nSPS) is 12.8. The van der Waals surface area contributed by atoms with Crippen LogP contribution in [-0.2, 0) is 20.5 Å². The van der Waals surface area contributed by atoms with Gasteiger partial charge < -0.3 is 20.5 Å². The third-order valence-corrected chi connectivity index (χ3v) is 6.54. The molecule has 0 bridgehead atoms. The van der Waals surface area contributed by atoms with E-state index in [2.05, 4.69) is 33.1 Å². The van der Waals surface area contributed by atoms with Gasteiger partial charge >= 0.3 is 12.1 Å². The zero-order valence-corrected chi connectivity index (χ0v) is 23.2. The lowest BCUT2D eigenvalue weighted by molar-refractivity contribution is -0.143. The minimum atomic E-state index is -5.12. The van der Waals surface area contributed by atoms with Crippen LogP contribution in [0.1, 0.15) is 47.7 Å².